The predicted octanol–water partition coefficient (Wildman–Crippen LogP) is 2.48. The monoisotopic (exact) mass is 517 g/mol. The number of aromatic nitrogens is 3. The van der Waals surface area contributed by atoms with Crippen molar-refractivity contribution >= 4 is 29.7 Å². The van der Waals surface area contributed by atoms with E-state index in [1.807, 2.05) is 45.9 Å². The van der Waals surface area contributed by atoms with Crippen molar-refractivity contribution in [1.29, 1.82) is 0 Å². The third kappa shape index (κ3) is 11.4. The van der Waals surface area contributed by atoms with E-state index in [9.17, 15) is 14.7 Å². The van der Waals surface area contributed by atoms with Crippen LogP contribution in [0.1, 0.15) is 44.5 Å². The zero-order valence-corrected chi connectivity index (χ0v) is 22.0. The number of hydrogen-bond acceptors (Lipinski definition) is 10. The van der Waals surface area contributed by atoms with Crippen molar-refractivity contribution < 1.29 is 24.2 Å². The lowest BCUT2D eigenvalue weighted by atomic mass is 10.00. The van der Waals surface area contributed by atoms with Gasteiger partial charge in [-0.2, -0.15) is 15.0 Å². The molecule has 5 N–H and O–H groups in total. The number of ether oxygens (including phenoxy) is 2. The summed E-state index contributed by atoms with van der Waals surface area (Å²) in [4.78, 5) is 36.6. The van der Waals surface area contributed by atoms with Crippen LogP contribution < -0.4 is 21.3 Å². The van der Waals surface area contributed by atoms with Gasteiger partial charge in [0.05, 0.1) is 26.4 Å². The first-order valence-electron chi connectivity index (χ1n) is 12.5. The van der Waals surface area contributed by atoms with E-state index in [0.717, 1.165) is 0 Å². The fourth-order valence-electron chi connectivity index (χ4n) is 3.15. The minimum absolute atomic E-state index is 0.0860. The maximum atomic E-state index is 11.9. The van der Waals surface area contributed by atoms with Gasteiger partial charge < -0.3 is 35.8 Å². The molecule has 0 aliphatic heterocycles. The van der Waals surface area contributed by atoms with Crippen LogP contribution in [0.2, 0.25) is 0 Å². The molecule has 12 heteroatoms. The third-order valence-corrected chi connectivity index (χ3v) is 5.29. The molecule has 0 saturated carbocycles. The largest absolute Gasteiger partial charge is 0.480 e. The van der Waals surface area contributed by atoms with Crippen molar-refractivity contribution in [2.45, 2.75) is 46.2 Å². The van der Waals surface area contributed by atoms with Gasteiger partial charge in [0, 0.05) is 24.7 Å². The summed E-state index contributed by atoms with van der Waals surface area (Å²) in [6, 6.07) is 8.28. The Morgan fingerprint density at radius 3 is 2.05 bits per heavy atom. The van der Waals surface area contributed by atoms with Crippen LogP contribution in [0.5, 0.6) is 0 Å². The number of rotatable bonds is 18. The van der Waals surface area contributed by atoms with E-state index in [4.69, 9.17) is 9.47 Å². The van der Waals surface area contributed by atoms with Crippen LogP contribution in [-0.2, 0) is 14.3 Å². The fourth-order valence-corrected chi connectivity index (χ4v) is 3.15. The van der Waals surface area contributed by atoms with Crippen molar-refractivity contribution in [2.75, 3.05) is 55.5 Å². The molecule has 0 bridgehead atoms. The van der Waals surface area contributed by atoms with Crippen molar-refractivity contribution in [3.8, 4) is 0 Å². The standard InChI is InChI=1S/C25H39N7O5/c1-5-18(4)20(22(34)35)29-25-31-23(30-24(32-25)28-17(2)3)27-12-14-37-16-15-36-13-11-26-21(33)19-9-7-6-8-10-19/h6-10,17-18,20H,5,11-16H2,1-4H3,(H,26,33)(H,34,35)(H3,27,28,29,30,31,32)/t18-,20-/m0/s1. The molecule has 1 aromatic heterocycles. The molecule has 0 unspecified atom stereocenters. The molecule has 1 heterocycles. The number of benzene rings is 1. The molecule has 2 rings (SSSR count). The van der Waals surface area contributed by atoms with Gasteiger partial charge in [0.15, 0.2) is 0 Å². The Hall–Kier alpha value is -3.51. The number of amides is 1. The Morgan fingerprint density at radius 1 is 0.865 bits per heavy atom. The van der Waals surface area contributed by atoms with E-state index >= 15 is 0 Å². The first-order valence-corrected chi connectivity index (χ1v) is 12.5. The van der Waals surface area contributed by atoms with Gasteiger partial charge in [-0.1, -0.05) is 38.5 Å². The zero-order chi connectivity index (χ0) is 27.0. The molecule has 204 valence electrons. The van der Waals surface area contributed by atoms with Gasteiger partial charge in [0.1, 0.15) is 6.04 Å². The Bertz CT molecular complexity index is 962. The quantitative estimate of drug-likeness (QED) is 0.185. The van der Waals surface area contributed by atoms with Crippen LogP contribution in [0, 0.1) is 5.92 Å². The minimum Gasteiger partial charge on any atom is -0.480 e. The van der Waals surface area contributed by atoms with Gasteiger partial charge in [0.25, 0.3) is 5.91 Å². The molecule has 0 radical (unpaired) electrons. The number of aliphatic carboxylic acids is 1. The number of carboxylic acid groups (broad SMARTS) is 1. The molecular weight excluding hydrogens is 478 g/mol. The average Bonchev–Trinajstić information content (AvgIpc) is 2.87. The van der Waals surface area contributed by atoms with Crippen LogP contribution in [0.3, 0.4) is 0 Å². The minimum atomic E-state index is -0.961. The topological polar surface area (TPSA) is 160 Å². The van der Waals surface area contributed by atoms with Gasteiger partial charge in [-0.15, -0.1) is 0 Å². The summed E-state index contributed by atoms with van der Waals surface area (Å²) in [7, 11) is 0. The third-order valence-electron chi connectivity index (χ3n) is 5.29. The number of hydrogen-bond donors (Lipinski definition) is 5. The Labute approximate surface area is 218 Å². The van der Waals surface area contributed by atoms with Crippen LogP contribution in [0.4, 0.5) is 17.8 Å². The van der Waals surface area contributed by atoms with Crippen molar-refractivity contribution in [3.63, 3.8) is 0 Å². The molecule has 0 aliphatic rings. The lowest BCUT2D eigenvalue weighted by Crippen LogP contribution is -2.36. The number of nitrogens with one attached hydrogen (secondary N) is 4. The van der Waals surface area contributed by atoms with E-state index in [-0.39, 0.29) is 23.8 Å². The van der Waals surface area contributed by atoms with E-state index in [0.29, 0.717) is 63.4 Å². The van der Waals surface area contributed by atoms with E-state index in [2.05, 4.69) is 36.2 Å². The highest BCUT2D eigenvalue weighted by atomic mass is 16.5. The Balaban J connectivity index is 1.71. The van der Waals surface area contributed by atoms with Gasteiger partial charge in [-0.3, -0.25) is 4.79 Å². The number of anilines is 3. The highest BCUT2D eigenvalue weighted by Gasteiger charge is 2.24. The first-order chi connectivity index (χ1) is 17.8. The molecule has 0 fully saturated rings. The first kappa shape index (κ1) is 29.7. The molecule has 37 heavy (non-hydrogen) atoms. The van der Waals surface area contributed by atoms with Gasteiger partial charge in [0.2, 0.25) is 17.8 Å². The zero-order valence-electron chi connectivity index (χ0n) is 22.0. The predicted molar refractivity (Wildman–Crippen MR) is 142 cm³/mol. The molecule has 0 spiro atoms. The second kappa shape index (κ2) is 16.3. The molecule has 0 saturated heterocycles. The Morgan fingerprint density at radius 2 is 1.46 bits per heavy atom. The summed E-state index contributed by atoms with van der Waals surface area (Å²) in [6.45, 7) is 10.1. The normalized spacial score (nSPS) is 12.6. The molecule has 0 aliphatic carbocycles. The smallest absolute Gasteiger partial charge is 0.326 e. The van der Waals surface area contributed by atoms with E-state index in [1.165, 1.54) is 0 Å². The second-order valence-corrected chi connectivity index (χ2v) is 8.72. The molecule has 12 nitrogen and oxygen atoms in total. The lowest BCUT2D eigenvalue weighted by Gasteiger charge is -2.21. The molecule has 2 atom stereocenters. The summed E-state index contributed by atoms with van der Waals surface area (Å²) in [6.07, 6.45) is 0.695. The molecule has 1 amide bonds. The number of carboxylic acids is 1. The highest BCUT2D eigenvalue weighted by molar-refractivity contribution is 5.94. The summed E-state index contributed by atoms with van der Waals surface area (Å²) in [5.74, 6) is -0.366. The van der Waals surface area contributed by atoms with Gasteiger partial charge in [-0.25, -0.2) is 4.79 Å². The van der Waals surface area contributed by atoms with Gasteiger partial charge >= 0.3 is 5.97 Å². The van der Waals surface area contributed by atoms with Gasteiger partial charge in [-0.05, 0) is 31.9 Å². The van der Waals surface area contributed by atoms with E-state index in [1.54, 1.807) is 12.1 Å². The van der Waals surface area contributed by atoms with Crippen molar-refractivity contribution in [3.05, 3.63) is 35.9 Å². The summed E-state index contributed by atoms with van der Waals surface area (Å²) in [5, 5.41) is 21.5. The Kier molecular flexibility index (Phi) is 13.1. The van der Waals surface area contributed by atoms with Crippen molar-refractivity contribution in [2.24, 2.45) is 5.92 Å². The summed E-state index contributed by atoms with van der Waals surface area (Å²) < 4.78 is 11.0. The molecular formula is C25H39N7O5. The highest BCUT2D eigenvalue weighted by Crippen LogP contribution is 2.16. The number of carbonyl (C=O) groups excluding carboxylic acids is 1. The van der Waals surface area contributed by atoms with Crippen LogP contribution in [-0.4, -0.2) is 83.5 Å². The average molecular weight is 518 g/mol. The van der Waals surface area contributed by atoms with Crippen LogP contribution in [0.15, 0.2) is 30.3 Å². The fraction of sp³-hybridized carbons (Fsp3) is 0.560. The van der Waals surface area contributed by atoms with Crippen LogP contribution >= 0.6 is 0 Å². The van der Waals surface area contributed by atoms with Crippen LogP contribution in [0.25, 0.3) is 0 Å². The number of nitrogens with zero attached hydrogens (tertiary/aromatic N) is 3. The second-order valence-electron chi connectivity index (χ2n) is 8.72. The van der Waals surface area contributed by atoms with Crippen molar-refractivity contribution in [1.82, 2.24) is 20.3 Å². The number of carbonyl (C=O) groups is 2. The molecule has 1 aromatic carbocycles. The maximum absolute atomic E-state index is 11.9. The SMILES string of the molecule is CC[C@H](C)[C@H](Nc1nc(NCCOCCOCCNC(=O)c2ccccc2)nc(NC(C)C)n1)C(=O)O. The van der Waals surface area contributed by atoms with E-state index < -0.39 is 12.0 Å². The summed E-state index contributed by atoms with van der Waals surface area (Å²) in [5.41, 5.74) is 0.615. The lowest BCUT2D eigenvalue weighted by molar-refractivity contribution is -0.139. The molecule has 2 aromatic rings. The summed E-state index contributed by atoms with van der Waals surface area (Å²) >= 11 is 0. The maximum Gasteiger partial charge on any atom is 0.326 e.